The summed E-state index contributed by atoms with van der Waals surface area (Å²) in [6.07, 6.45) is 1.02. The largest absolute Gasteiger partial charge is 0.378 e. The van der Waals surface area contributed by atoms with Crippen LogP contribution in [0.1, 0.15) is 6.42 Å². The number of fused-ring (bicyclic) bond motifs is 1. The highest BCUT2D eigenvalue weighted by Gasteiger charge is 2.49. The zero-order valence-corrected chi connectivity index (χ0v) is 10.5. The predicted octanol–water partition coefficient (Wildman–Crippen LogP) is -1.43. The molecule has 6 heteroatoms. The molecule has 0 aromatic heterocycles. The molecule has 0 aromatic carbocycles. The lowest BCUT2D eigenvalue weighted by molar-refractivity contribution is -0.127. The number of carbonyl (C=O) groups excluding carboxylic acids is 2. The van der Waals surface area contributed by atoms with Crippen molar-refractivity contribution in [2.75, 3.05) is 33.4 Å². The van der Waals surface area contributed by atoms with Crippen molar-refractivity contribution >= 4 is 11.8 Å². The van der Waals surface area contributed by atoms with E-state index in [1.165, 1.54) is 0 Å². The average Bonchev–Trinajstić information content (AvgIpc) is 2.93. The Labute approximate surface area is 106 Å². The standard InChI is InChI=1S/C12H19N3O3/c1-13-7-2-8(6-18-5-7)15-3-9-10(4-15)12(17)14-11(9)16/h7-10,13H,2-6H2,1H3,(H,14,16,17). The van der Waals surface area contributed by atoms with Crippen molar-refractivity contribution in [3.8, 4) is 0 Å². The number of likely N-dealkylation sites (tertiary alicyclic amines) is 1. The molecule has 0 aliphatic carbocycles. The lowest BCUT2D eigenvalue weighted by Gasteiger charge is -2.35. The molecule has 0 aromatic rings. The summed E-state index contributed by atoms with van der Waals surface area (Å²) < 4.78 is 5.58. The van der Waals surface area contributed by atoms with Crippen LogP contribution in [0.3, 0.4) is 0 Å². The lowest BCUT2D eigenvalue weighted by atomic mass is 10.00. The van der Waals surface area contributed by atoms with E-state index in [1.54, 1.807) is 0 Å². The maximum absolute atomic E-state index is 11.6. The summed E-state index contributed by atoms with van der Waals surface area (Å²) in [6.45, 7) is 2.82. The first-order valence-electron chi connectivity index (χ1n) is 6.53. The van der Waals surface area contributed by atoms with Gasteiger partial charge in [-0.05, 0) is 13.5 Å². The second-order valence-corrected chi connectivity index (χ2v) is 5.43. The van der Waals surface area contributed by atoms with Gasteiger partial charge in [0.2, 0.25) is 11.8 Å². The van der Waals surface area contributed by atoms with Gasteiger partial charge in [-0.25, -0.2) is 0 Å². The number of nitrogens with zero attached hydrogens (tertiary/aromatic N) is 1. The third kappa shape index (κ3) is 1.94. The van der Waals surface area contributed by atoms with Crippen LogP contribution in [0.5, 0.6) is 0 Å². The Morgan fingerprint density at radius 1 is 1.22 bits per heavy atom. The van der Waals surface area contributed by atoms with Crippen LogP contribution < -0.4 is 10.6 Å². The molecule has 18 heavy (non-hydrogen) atoms. The smallest absolute Gasteiger partial charge is 0.231 e. The van der Waals surface area contributed by atoms with Gasteiger partial charge in [0.25, 0.3) is 0 Å². The van der Waals surface area contributed by atoms with Gasteiger partial charge in [0, 0.05) is 25.2 Å². The van der Waals surface area contributed by atoms with Crippen molar-refractivity contribution in [3.63, 3.8) is 0 Å². The number of hydrogen-bond donors (Lipinski definition) is 2. The summed E-state index contributed by atoms with van der Waals surface area (Å²) >= 11 is 0. The minimum atomic E-state index is -0.146. The van der Waals surface area contributed by atoms with Gasteiger partial charge in [0.15, 0.2) is 0 Å². The van der Waals surface area contributed by atoms with Crippen LogP contribution in [-0.2, 0) is 14.3 Å². The molecule has 6 nitrogen and oxygen atoms in total. The van der Waals surface area contributed by atoms with Gasteiger partial charge in [0.1, 0.15) is 0 Å². The third-order valence-electron chi connectivity index (χ3n) is 4.38. The van der Waals surface area contributed by atoms with Gasteiger partial charge in [-0.15, -0.1) is 0 Å². The van der Waals surface area contributed by atoms with Crippen LogP contribution in [0, 0.1) is 11.8 Å². The monoisotopic (exact) mass is 253 g/mol. The Hall–Kier alpha value is -0.980. The van der Waals surface area contributed by atoms with E-state index in [2.05, 4.69) is 15.5 Å². The van der Waals surface area contributed by atoms with Crippen molar-refractivity contribution in [3.05, 3.63) is 0 Å². The van der Waals surface area contributed by atoms with Crippen molar-refractivity contribution in [1.29, 1.82) is 0 Å². The van der Waals surface area contributed by atoms with E-state index in [4.69, 9.17) is 4.74 Å². The Morgan fingerprint density at radius 3 is 2.50 bits per heavy atom. The molecule has 2 amide bonds. The van der Waals surface area contributed by atoms with Crippen LogP contribution in [0.15, 0.2) is 0 Å². The van der Waals surface area contributed by atoms with E-state index in [1.807, 2.05) is 7.05 Å². The highest BCUT2D eigenvalue weighted by Crippen LogP contribution is 2.31. The Balaban J connectivity index is 1.65. The number of rotatable bonds is 2. The summed E-state index contributed by atoms with van der Waals surface area (Å²) in [7, 11) is 1.94. The summed E-state index contributed by atoms with van der Waals surface area (Å²) in [5, 5.41) is 5.64. The van der Waals surface area contributed by atoms with Crippen LogP contribution in [0.25, 0.3) is 0 Å². The SMILES string of the molecule is CNC1COCC(N2CC3C(=O)NC(=O)C3C2)C1. The maximum atomic E-state index is 11.6. The number of nitrogens with one attached hydrogen (secondary N) is 2. The zero-order valence-electron chi connectivity index (χ0n) is 10.5. The minimum absolute atomic E-state index is 0.102. The fourth-order valence-electron chi connectivity index (χ4n) is 3.24. The zero-order chi connectivity index (χ0) is 12.7. The first-order chi connectivity index (χ1) is 8.69. The van der Waals surface area contributed by atoms with E-state index in [0.29, 0.717) is 31.8 Å². The molecule has 4 unspecified atom stereocenters. The molecular weight excluding hydrogens is 234 g/mol. The summed E-state index contributed by atoms with van der Waals surface area (Å²) in [6, 6.07) is 0.691. The molecule has 100 valence electrons. The highest BCUT2D eigenvalue weighted by molar-refractivity contribution is 6.05. The lowest BCUT2D eigenvalue weighted by Crippen LogP contribution is -2.49. The molecule has 0 saturated carbocycles. The maximum Gasteiger partial charge on any atom is 0.231 e. The number of imide groups is 1. The first-order valence-corrected chi connectivity index (χ1v) is 6.53. The van der Waals surface area contributed by atoms with Crippen LogP contribution in [0.2, 0.25) is 0 Å². The second kappa shape index (κ2) is 4.60. The van der Waals surface area contributed by atoms with Crippen molar-refractivity contribution in [1.82, 2.24) is 15.5 Å². The number of carbonyl (C=O) groups is 2. The number of hydrogen-bond acceptors (Lipinski definition) is 5. The molecule has 2 N–H and O–H groups in total. The van der Waals surface area contributed by atoms with Gasteiger partial charge >= 0.3 is 0 Å². The molecular formula is C12H19N3O3. The van der Waals surface area contributed by atoms with Gasteiger partial charge in [0.05, 0.1) is 25.0 Å². The summed E-state index contributed by atoms with van der Waals surface area (Å²) in [5.74, 6) is -0.497. The normalized spacial score (nSPS) is 40.9. The van der Waals surface area contributed by atoms with E-state index < -0.39 is 0 Å². The fraction of sp³-hybridized carbons (Fsp3) is 0.833. The molecule has 3 fully saturated rings. The Bertz CT molecular complexity index is 352. The van der Waals surface area contributed by atoms with Crippen LogP contribution in [0.4, 0.5) is 0 Å². The number of likely N-dealkylation sites (N-methyl/N-ethyl adjacent to an activating group) is 1. The summed E-state index contributed by atoms with van der Waals surface area (Å²) in [4.78, 5) is 25.5. The van der Waals surface area contributed by atoms with Gasteiger partial charge in [-0.3, -0.25) is 19.8 Å². The summed E-state index contributed by atoms with van der Waals surface area (Å²) in [5.41, 5.74) is 0. The van der Waals surface area contributed by atoms with E-state index >= 15 is 0 Å². The minimum Gasteiger partial charge on any atom is -0.378 e. The van der Waals surface area contributed by atoms with E-state index in [0.717, 1.165) is 13.0 Å². The van der Waals surface area contributed by atoms with Crippen molar-refractivity contribution in [2.45, 2.75) is 18.5 Å². The number of ether oxygens (including phenoxy) is 1. The Kier molecular flexibility index (Phi) is 3.09. The molecule has 3 rings (SSSR count). The number of amides is 2. The third-order valence-corrected chi connectivity index (χ3v) is 4.38. The average molecular weight is 253 g/mol. The van der Waals surface area contributed by atoms with Gasteiger partial charge in [-0.2, -0.15) is 0 Å². The molecule has 3 aliphatic heterocycles. The van der Waals surface area contributed by atoms with Crippen molar-refractivity contribution < 1.29 is 14.3 Å². The molecule has 4 atom stereocenters. The van der Waals surface area contributed by atoms with E-state index in [9.17, 15) is 9.59 Å². The molecule has 3 aliphatic rings. The molecule has 0 spiro atoms. The van der Waals surface area contributed by atoms with Crippen molar-refractivity contribution in [2.24, 2.45) is 11.8 Å². The predicted molar refractivity (Wildman–Crippen MR) is 63.8 cm³/mol. The fourth-order valence-corrected chi connectivity index (χ4v) is 3.24. The topological polar surface area (TPSA) is 70.7 Å². The quantitative estimate of drug-likeness (QED) is 0.590. The highest BCUT2D eigenvalue weighted by atomic mass is 16.5. The molecule has 0 bridgehead atoms. The molecule has 0 radical (unpaired) electrons. The second-order valence-electron chi connectivity index (χ2n) is 5.43. The molecule has 3 saturated heterocycles. The first kappa shape index (κ1) is 12.1. The molecule has 3 heterocycles. The van der Waals surface area contributed by atoms with Gasteiger partial charge < -0.3 is 10.1 Å². The van der Waals surface area contributed by atoms with Crippen LogP contribution >= 0.6 is 0 Å². The van der Waals surface area contributed by atoms with Gasteiger partial charge in [-0.1, -0.05) is 0 Å². The van der Waals surface area contributed by atoms with Crippen LogP contribution in [-0.4, -0.2) is 62.1 Å². The van der Waals surface area contributed by atoms with E-state index in [-0.39, 0.29) is 23.7 Å². The Morgan fingerprint density at radius 2 is 1.89 bits per heavy atom.